The number of anilines is 1. The van der Waals surface area contributed by atoms with Crippen LogP contribution in [0, 0.1) is 0 Å². The highest BCUT2D eigenvalue weighted by atomic mass is 32.1. The van der Waals surface area contributed by atoms with Gasteiger partial charge in [-0.15, -0.1) is 11.3 Å². The van der Waals surface area contributed by atoms with Crippen molar-refractivity contribution in [1.82, 2.24) is 15.5 Å². The van der Waals surface area contributed by atoms with Gasteiger partial charge in [0.25, 0.3) is 5.91 Å². The molecule has 0 aliphatic rings. The van der Waals surface area contributed by atoms with E-state index in [0.717, 1.165) is 25.0 Å². The molecule has 2 aromatic heterocycles. The molecule has 4 N–H and O–H groups in total. The molecule has 0 radical (unpaired) electrons. The summed E-state index contributed by atoms with van der Waals surface area (Å²) in [5.74, 6) is -0.225. The Balaban J connectivity index is 2.02. The van der Waals surface area contributed by atoms with E-state index in [1.165, 1.54) is 10.4 Å². The number of amides is 1. The van der Waals surface area contributed by atoms with Crippen LogP contribution in [0.2, 0.25) is 0 Å². The van der Waals surface area contributed by atoms with E-state index in [1.807, 2.05) is 5.38 Å². The number of carbonyl (C=O) groups is 1. The van der Waals surface area contributed by atoms with Crippen molar-refractivity contribution in [1.29, 1.82) is 0 Å². The van der Waals surface area contributed by atoms with Crippen molar-refractivity contribution >= 4 is 22.9 Å². The molecule has 0 atom stereocenters. The summed E-state index contributed by atoms with van der Waals surface area (Å²) in [7, 11) is 0. The average Bonchev–Trinajstić information content (AvgIpc) is 3.04. The predicted molar refractivity (Wildman–Crippen MR) is 81.9 cm³/mol. The highest BCUT2D eigenvalue weighted by molar-refractivity contribution is 7.10. The summed E-state index contributed by atoms with van der Waals surface area (Å²) in [6, 6.07) is 2.09. The van der Waals surface area contributed by atoms with Crippen molar-refractivity contribution in [2.75, 3.05) is 5.73 Å². The minimum Gasteiger partial charge on any atom is -0.395 e. The summed E-state index contributed by atoms with van der Waals surface area (Å²) in [5.41, 5.74) is 8.81. The molecule has 0 aliphatic carbocycles. The van der Waals surface area contributed by atoms with Crippen molar-refractivity contribution < 1.29 is 4.79 Å². The summed E-state index contributed by atoms with van der Waals surface area (Å²) in [5, 5.41) is 11.8. The molecule has 0 saturated heterocycles. The summed E-state index contributed by atoms with van der Waals surface area (Å²) in [6.45, 7) is 4.69. The fourth-order valence-electron chi connectivity index (χ4n) is 2.08. The van der Waals surface area contributed by atoms with Crippen molar-refractivity contribution in [3.63, 3.8) is 0 Å². The molecule has 108 valence electrons. The number of aromatic nitrogens is 2. The lowest BCUT2D eigenvalue weighted by Gasteiger charge is -2.04. The van der Waals surface area contributed by atoms with Gasteiger partial charge in [-0.05, 0) is 29.9 Å². The number of aromatic amines is 1. The van der Waals surface area contributed by atoms with Gasteiger partial charge in [-0.1, -0.05) is 20.3 Å². The summed E-state index contributed by atoms with van der Waals surface area (Å²) < 4.78 is 0. The number of carbonyl (C=O) groups excluding carboxylic acids is 1. The van der Waals surface area contributed by atoms with Crippen LogP contribution < -0.4 is 11.1 Å². The van der Waals surface area contributed by atoms with Gasteiger partial charge in [0, 0.05) is 4.88 Å². The molecule has 0 fully saturated rings. The van der Waals surface area contributed by atoms with Gasteiger partial charge in [-0.2, -0.15) is 5.10 Å². The maximum atomic E-state index is 12.1. The number of hydrogen-bond acceptors (Lipinski definition) is 4. The van der Waals surface area contributed by atoms with Crippen LogP contribution in [0.25, 0.3) is 0 Å². The lowest BCUT2D eigenvalue weighted by atomic mass is 10.2. The zero-order chi connectivity index (χ0) is 14.5. The molecule has 6 heteroatoms. The van der Waals surface area contributed by atoms with Crippen LogP contribution in [0.3, 0.4) is 0 Å². The molecule has 0 spiro atoms. The van der Waals surface area contributed by atoms with E-state index >= 15 is 0 Å². The third kappa shape index (κ3) is 3.01. The van der Waals surface area contributed by atoms with Crippen LogP contribution in [0.5, 0.6) is 0 Å². The maximum Gasteiger partial charge on any atom is 0.274 e. The van der Waals surface area contributed by atoms with Crippen molar-refractivity contribution in [2.24, 2.45) is 0 Å². The van der Waals surface area contributed by atoms with Gasteiger partial charge < -0.3 is 11.1 Å². The first-order valence-corrected chi connectivity index (χ1v) is 7.71. The molecule has 20 heavy (non-hydrogen) atoms. The molecule has 0 aromatic carbocycles. The van der Waals surface area contributed by atoms with Gasteiger partial charge in [-0.25, -0.2) is 0 Å². The molecular weight excluding hydrogens is 272 g/mol. The van der Waals surface area contributed by atoms with Crippen LogP contribution in [-0.4, -0.2) is 16.1 Å². The van der Waals surface area contributed by atoms with Crippen LogP contribution in [0.4, 0.5) is 5.69 Å². The van der Waals surface area contributed by atoms with Gasteiger partial charge in [0.2, 0.25) is 0 Å². The normalized spacial score (nSPS) is 10.7. The number of rotatable bonds is 6. The Labute approximate surface area is 122 Å². The number of nitrogen functional groups attached to an aromatic ring is 1. The van der Waals surface area contributed by atoms with Crippen LogP contribution >= 0.6 is 11.3 Å². The molecule has 0 aliphatic heterocycles. The molecular formula is C14H20N4OS. The van der Waals surface area contributed by atoms with Crippen LogP contribution in [-0.2, 0) is 19.4 Å². The average molecular weight is 292 g/mol. The van der Waals surface area contributed by atoms with Gasteiger partial charge in [0.05, 0.1) is 17.9 Å². The topological polar surface area (TPSA) is 83.8 Å². The number of aryl methyl sites for hydroxylation is 2. The first-order chi connectivity index (χ1) is 9.67. The van der Waals surface area contributed by atoms with E-state index in [1.54, 1.807) is 11.3 Å². The number of nitrogens with one attached hydrogen (secondary N) is 2. The lowest BCUT2D eigenvalue weighted by molar-refractivity contribution is 0.0947. The Morgan fingerprint density at radius 3 is 3.00 bits per heavy atom. The number of thiophene rings is 1. The molecule has 2 aromatic rings. The largest absolute Gasteiger partial charge is 0.395 e. The molecule has 2 heterocycles. The second kappa shape index (κ2) is 6.56. The minimum absolute atomic E-state index is 0.225. The van der Waals surface area contributed by atoms with Crippen LogP contribution in [0.1, 0.15) is 46.9 Å². The van der Waals surface area contributed by atoms with E-state index < -0.39 is 0 Å². The highest BCUT2D eigenvalue weighted by Crippen LogP contribution is 2.18. The monoisotopic (exact) mass is 292 g/mol. The van der Waals surface area contributed by atoms with Crippen molar-refractivity contribution in [3.8, 4) is 0 Å². The second-order valence-corrected chi connectivity index (χ2v) is 5.62. The molecule has 2 rings (SSSR count). The number of hydrogen-bond donors (Lipinski definition) is 3. The Morgan fingerprint density at radius 2 is 2.30 bits per heavy atom. The van der Waals surface area contributed by atoms with Gasteiger partial charge in [0.15, 0.2) is 5.69 Å². The van der Waals surface area contributed by atoms with Gasteiger partial charge in [0.1, 0.15) is 0 Å². The Hall–Kier alpha value is -1.82. The van der Waals surface area contributed by atoms with Crippen molar-refractivity contribution in [3.05, 3.63) is 33.3 Å². The highest BCUT2D eigenvalue weighted by Gasteiger charge is 2.17. The molecule has 1 amide bonds. The predicted octanol–water partition coefficient (Wildman–Crippen LogP) is 2.50. The van der Waals surface area contributed by atoms with Crippen LogP contribution in [0.15, 0.2) is 11.4 Å². The van der Waals surface area contributed by atoms with E-state index in [2.05, 4.69) is 35.4 Å². The lowest BCUT2D eigenvalue weighted by Crippen LogP contribution is -2.24. The number of nitrogens with two attached hydrogens (primary N) is 1. The summed E-state index contributed by atoms with van der Waals surface area (Å²) in [4.78, 5) is 13.3. The Bertz CT molecular complexity index is 588. The van der Waals surface area contributed by atoms with E-state index in [4.69, 9.17) is 5.73 Å². The Morgan fingerprint density at radius 1 is 1.50 bits per heavy atom. The van der Waals surface area contributed by atoms with E-state index in [0.29, 0.717) is 17.9 Å². The smallest absolute Gasteiger partial charge is 0.274 e. The zero-order valence-corrected chi connectivity index (χ0v) is 12.6. The van der Waals surface area contributed by atoms with Gasteiger partial charge >= 0.3 is 0 Å². The fraction of sp³-hybridized carbons (Fsp3) is 0.429. The molecule has 5 nitrogen and oxygen atoms in total. The van der Waals surface area contributed by atoms with Gasteiger partial charge in [-0.3, -0.25) is 9.89 Å². The zero-order valence-electron chi connectivity index (χ0n) is 11.8. The third-order valence-electron chi connectivity index (χ3n) is 3.23. The third-order valence-corrected chi connectivity index (χ3v) is 4.19. The minimum atomic E-state index is -0.225. The van der Waals surface area contributed by atoms with E-state index in [-0.39, 0.29) is 5.91 Å². The summed E-state index contributed by atoms with van der Waals surface area (Å²) >= 11 is 1.65. The second-order valence-electron chi connectivity index (χ2n) is 4.62. The SMILES string of the molecule is CCCc1[nH]nc(C(=O)NCc2sccc2CC)c1N. The maximum absolute atomic E-state index is 12.1. The molecule has 0 bridgehead atoms. The Kier molecular flexibility index (Phi) is 4.79. The molecule has 0 unspecified atom stereocenters. The quantitative estimate of drug-likeness (QED) is 0.765. The van der Waals surface area contributed by atoms with E-state index in [9.17, 15) is 4.79 Å². The first-order valence-electron chi connectivity index (χ1n) is 6.83. The standard InChI is InChI=1S/C14H20N4OS/c1-3-5-10-12(15)13(18-17-10)14(19)16-8-11-9(4-2)6-7-20-11/h6-7H,3-5,8,15H2,1-2H3,(H,16,19)(H,17,18). The molecule has 0 saturated carbocycles. The fourth-order valence-corrected chi connectivity index (χ4v) is 3.00. The first kappa shape index (κ1) is 14.6. The summed E-state index contributed by atoms with van der Waals surface area (Å²) in [6.07, 6.45) is 2.74. The number of nitrogens with zero attached hydrogens (tertiary/aromatic N) is 1. The number of H-pyrrole nitrogens is 1. The van der Waals surface area contributed by atoms with Crippen molar-refractivity contribution in [2.45, 2.75) is 39.7 Å².